The lowest BCUT2D eigenvalue weighted by Crippen LogP contribution is -2.49. The fourth-order valence-corrected chi connectivity index (χ4v) is 2.59. The molecule has 0 aromatic rings. The summed E-state index contributed by atoms with van der Waals surface area (Å²) in [6, 6.07) is 0. The van der Waals surface area contributed by atoms with Gasteiger partial charge < -0.3 is 9.22 Å². The van der Waals surface area contributed by atoms with Gasteiger partial charge in [-0.25, -0.2) is 0 Å². The lowest BCUT2D eigenvalue weighted by molar-refractivity contribution is -0.923. The maximum Gasteiger partial charge on any atom is 0.102 e. The van der Waals surface area contributed by atoms with Crippen LogP contribution in [-0.2, 0) is 4.74 Å². The Kier molecular flexibility index (Phi) is 11.1. The lowest BCUT2D eigenvalue weighted by atomic mass is 10.0. The van der Waals surface area contributed by atoms with Crippen molar-refractivity contribution < 1.29 is 9.22 Å². The largest absolute Gasteiger partial charge is 0.376 e. The van der Waals surface area contributed by atoms with Crippen LogP contribution in [0.5, 0.6) is 0 Å². The topological polar surface area (TPSA) is 9.23 Å². The van der Waals surface area contributed by atoms with E-state index >= 15 is 0 Å². The molecule has 2 heteroatoms. The molecular weight excluding hydrogens is 246 g/mol. The molecular formula is C18H38NO+. The van der Waals surface area contributed by atoms with E-state index in [2.05, 4.69) is 47.6 Å². The van der Waals surface area contributed by atoms with Gasteiger partial charge in [-0.15, -0.1) is 0 Å². The molecule has 120 valence electrons. The molecule has 1 unspecified atom stereocenters. The molecule has 0 heterocycles. The number of allylic oxidation sites excluding steroid dienone is 2. The molecule has 20 heavy (non-hydrogen) atoms. The van der Waals surface area contributed by atoms with E-state index in [4.69, 9.17) is 4.74 Å². The average molecular weight is 285 g/mol. The minimum absolute atomic E-state index is 0.772. The third-order valence-corrected chi connectivity index (χ3v) is 4.69. The number of quaternary nitrogens is 1. The quantitative estimate of drug-likeness (QED) is 0.288. The summed E-state index contributed by atoms with van der Waals surface area (Å²) in [5.74, 6) is 0.772. The van der Waals surface area contributed by atoms with Crippen LogP contribution in [0.3, 0.4) is 0 Å². The van der Waals surface area contributed by atoms with Crippen LogP contribution < -0.4 is 0 Å². The summed E-state index contributed by atoms with van der Waals surface area (Å²) in [7, 11) is 0. The summed E-state index contributed by atoms with van der Waals surface area (Å²) in [4.78, 5) is 0. The smallest absolute Gasteiger partial charge is 0.102 e. The minimum atomic E-state index is 0.772. The maximum absolute atomic E-state index is 5.86. The Balaban J connectivity index is 3.68. The van der Waals surface area contributed by atoms with Gasteiger partial charge in [0.05, 0.1) is 26.2 Å². The van der Waals surface area contributed by atoms with Crippen molar-refractivity contribution >= 4 is 0 Å². The second-order valence-electron chi connectivity index (χ2n) is 6.38. The maximum atomic E-state index is 5.86. The van der Waals surface area contributed by atoms with Crippen molar-refractivity contribution in [1.82, 2.24) is 0 Å². The van der Waals surface area contributed by atoms with E-state index in [0.29, 0.717) is 0 Å². The van der Waals surface area contributed by atoms with Crippen molar-refractivity contribution in [3.63, 3.8) is 0 Å². The van der Waals surface area contributed by atoms with Gasteiger partial charge in [0.15, 0.2) is 0 Å². The first kappa shape index (κ1) is 19.7. The highest BCUT2D eigenvalue weighted by atomic mass is 16.5. The SMILES string of the molecule is CC[N+](CC)(CC)CCOCCC(C)CCC=C(C)C. The molecule has 0 amide bonds. The Labute approximate surface area is 127 Å². The number of likely N-dealkylation sites (N-methyl/N-ethyl adjacent to an activating group) is 1. The minimum Gasteiger partial charge on any atom is -0.376 e. The highest BCUT2D eigenvalue weighted by Gasteiger charge is 2.19. The van der Waals surface area contributed by atoms with E-state index in [9.17, 15) is 0 Å². The number of ether oxygens (including phenoxy) is 1. The highest BCUT2D eigenvalue weighted by Crippen LogP contribution is 2.12. The van der Waals surface area contributed by atoms with Crippen LogP contribution in [0, 0.1) is 5.92 Å². The van der Waals surface area contributed by atoms with Crippen molar-refractivity contribution in [3.05, 3.63) is 11.6 Å². The van der Waals surface area contributed by atoms with Crippen LogP contribution in [0.1, 0.15) is 60.8 Å². The molecule has 0 N–H and O–H groups in total. The van der Waals surface area contributed by atoms with E-state index in [0.717, 1.165) is 25.7 Å². The number of nitrogens with zero attached hydrogens (tertiary/aromatic N) is 1. The third kappa shape index (κ3) is 8.76. The summed E-state index contributed by atoms with van der Waals surface area (Å²) in [5, 5.41) is 0. The molecule has 0 aromatic heterocycles. The van der Waals surface area contributed by atoms with E-state index in [-0.39, 0.29) is 0 Å². The summed E-state index contributed by atoms with van der Waals surface area (Å²) < 4.78 is 7.05. The Morgan fingerprint density at radius 2 is 1.60 bits per heavy atom. The van der Waals surface area contributed by atoms with Gasteiger partial charge in [-0.1, -0.05) is 18.6 Å². The van der Waals surface area contributed by atoms with Gasteiger partial charge in [0.2, 0.25) is 0 Å². The molecule has 2 nitrogen and oxygen atoms in total. The number of hydrogen-bond donors (Lipinski definition) is 0. The molecule has 0 aliphatic rings. The molecule has 0 spiro atoms. The van der Waals surface area contributed by atoms with E-state index in [1.165, 1.54) is 49.0 Å². The Bertz CT molecular complexity index is 244. The van der Waals surface area contributed by atoms with Crippen LogP contribution in [-0.4, -0.2) is 43.9 Å². The van der Waals surface area contributed by atoms with Crippen LogP contribution in [0.25, 0.3) is 0 Å². The zero-order valence-electron chi connectivity index (χ0n) is 14.9. The second kappa shape index (κ2) is 11.3. The van der Waals surface area contributed by atoms with Crippen LogP contribution in [0.4, 0.5) is 0 Å². The normalized spacial score (nSPS) is 13.3. The Hall–Kier alpha value is -0.340. The van der Waals surface area contributed by atoms with Gasteiger partial charge in [0.1, 0.15) is 6.54 Å². The van der Waals surface area contributed by atoms with Gasteiger partial charge >= 0.3 is 0 Å². The summed E-state index contributed by atoms with van der Waals surface area (Å²) in [5.41, 5.74) is 1.43. The van der Waals surface area contributed by atoms with E-state index in [1.54, 1.807) is 0 Å². The van der Waals surface area contributed by atoms with E-state index < -0.39 is 0 Å². The standard InChI is InChI=1S/C18H38NO/c1-7-19(8-2,9-3)14-16-20-15-13-18(6)12-10-11-17(4)5/h11,18H,7-10,12-16H2,1-6H3/q+1. The molecule has 0 bridgehead atoms. The van der Waals surface area contributed by atoms with Crippen LogP contribution in [0.2, 0.25) is 0 Å². The monoisotopic (exact) mass is 284 g/mol. The van der Waals surface area contributed by atoms with Crippen molar-refractivity contribution in [1.29, 1.82) is 0 Å². The predicted molar refractivity (Wildman–Crippen MR) is 90.0 cm³/mol. The predicted octanol–water partition coefficient (Wildman–Crippen LogP) is 4.65. The number of hydrogen-bond acceptors (Lipinski definition) is 1. The van der Waals surface area contributed by atoms with Crippen LogP contribution in [0.15, 0.2) is 11.6 Å². The van der Waals surface area contributed by atoms with Gasteiger partial charge in [0.25, 0.3) is 0 Å². The van der Waals surface area contributed by atoms with Crippen molar-refractivity contribution in [3.8, 4) is 0 Å². The average Bonchev–Trinajstić information content (AvgIpc) is 2.43. The molecule has 0 aliphatic heterocycles. The molecule has 0 fully saturated rings. The summed E-state index contributed by atoms with van der Waals surface area (Å²) in [6.45, 7) is 20.2. The molecule has 0 saturated heterocycles. The lowest BCUT2D eigenvalue weighted by Gasteiger charge is -2.35. The first-order valence-electron chi connectivity index (χ1n) is 8.55. The number of rotatable bonds is 12. The van der Waals surface area contributed by atoms with Crippen molar-refractivity contribution in [2.45, 2.75) is 60.8 Å². The summed E-state index contributed by atoms with van der Waals surface area (Å²) in [6.07, 6.45) is 6.03. The molecule has 0 aromatic carbocycles. The molecule has 0 radical (unpaired) electrons. The molecule has 1 atom stereocenters. The molecule has 0 aliphatic carbocycles. The van der Waals surface area contributed by atoms with Gasteiger partial charge in [-0.2, -0.15) is 0 Å². The first-order valence-corrected chi connectivity index (χ1v) is 8.55. The van der Waals surface area contributed by atoms with Crippen LogP contribution >= 0.6 is 0 Å². The zero-order chi connectivity index (χ0) is 15.4. The second-order valence-corrected chi connectivity index (χ2v) is 6.38. The third-order valence-electron chi connectivity index (χ3n) is 4.69. The summed E-state index contributed by atoms with van der Waals surface area (Å²) >= 11 is 0. The van der Waals surface area contributed by atoms with E-state index in [1.807, 2.05) is 0 Å². The van der Waals surface area contributed by atoms with Crippen molar-refractivity contribution in [2.75, 3.05) is 39.4 Å². The Morgan fingerprint density at radius 3 is 2.10 bits per heavy atom. The Morgan fingerprint density at radius 1 is 1.00 bits per heavy atom. The van der Waals surface area contributed by atoms with Crippen molar-refractivity contribution in [2.24, 2.45) is 5.92 Å². The fourth-order valence-electron chi connectivity index (χ4n) is 2.59. The van der Waals surface area contributed by atoms with Gasteiger partial charge in [-0.05, 0) is 59.8 Å². The molecule has 0 rings (SSSR count). The van der Waals surface area contributed by atoms with Gasteiger partial charge in [0, 0.05) is 6.61 Å². The first-order chi connectivity index (χ1) is 9.49. The molecule has 0 saturated carbocycles. The fraction of sp³-hybridized carbons (Fsp3) is 0.889. The van der Waals surface area contributed by atoms with Gasteiger partial charge in [-0.3, -0.25) is 0 Å². The highest BCUT2D eigenvalue weighted by molar-refractivity contribution is 4.92. The zero-order valence-corrected chi connectivity index (χ0v) is 14.9.